The minimum absolute atomic E-state index is 0.581. The van der Waals surface area contributed by atoms with Gasteiger partial charge >= 0.3 is 0 Å². The zero-order valence-corrected chi connectivity index (χ0v) is 10.4. The second kappa shape index (κ2) is 6.91. The van der Waals surface area contributed by atoms with Gasteiger partial charge in [0.05, 0.1) is 14.2 Å². The minimum atomic E-state index is 0.581. The van der Waals surface area contributed by atoms with E-state index in [1.165, 1.54) is 0 Å². The molecule has 94 valence electrons. The molecule has 4 heteroatoms. The third-order valence-electron chi connectivity index (χ3n) is 2.67. The summed E-state index contributed by atoms with van der Waals surface area (Å²) in [6.07, 6.45) is 3.59. The second-order valence-corrected chi connectivity index (χ2v) is 3.77. The fraction of sp³-hybridized carbons (Fsp3) is 0.462. The summed E-state index contributed by atoms with van der Waals surface area (Å²) in [4.78, 5) is 11.0. The fourth-order valence-corrected chi connectivity index (χ4v) is 1.72. The average molecular weight is 237 g/mol. The molecule has 0 aliphatic carbocycles. The molecule has 0 aliphatic rings. The van der Waals surface area contributed by atoms with Crippen molar-refractivity contribution in [2.75, 3.05) is 20.8 Å². The summed E-state index contributed by atoms with van der Waals surface area (Å²) >= 11 is 0. The summed E-state index contributed by atoms with van der Waals surface area (Å²) in [5.74, 6) is 1.23. The molecule has 0 atom stereocenters. The van der Waals surface area contributed by atoms with Gasteiger partial charge in [-0.05, 0) is 43.5 Å². The van der Waals surface area contributed by atoms with Crippen molar-refractivity contribution in [1.82, 2.24) is 0 Å². The Kier molecular flexibility index (Phi) is 5.49. The lowest BCUT2D eigenvalue weighted by molar-refractivity contribution is 0.112. The van der Waals surface area contributed by atoms with Crippen LogP contribution >= 0.6 is 0 Å². The van der Waals surface area contributed by atoms with Gasteiger partial charge in [-0.3, -0.25) is 4.79 Å². The number of hydrogen-bond donors (Lipinski definition) is 1. The van der Waals surface area contributed by atoms with E-state index in [1.807, 2.05) is 6.07 Å². The van der Waals surface area contributed by atoms with Gasteiger partial charge in [-0.15, -0.1) is 0 Å². The third kappa shape index (κ3) is 3.46. The Morgan fingerprint density at radius 2 is 1.82 bits per heavy atom. The lowest BCUT2D eigenvalue weighted by Crippen LogP contribution is -2.01. The normalized spacial score (nSPS) is 10.1. The van der Waals surface area contributed by atoms with E-state index in [0.29, 0.717) is 23.6 Å². The molecular weight excluding hydrogens is 218 g/mol. The first-order valence-corrected chi connectivity index (χ1v) is 5.67. The summed E-state index contributed by atoms with van der Waals surface area (Å²) < 4.78 is 10.4. The van der Waals surface area contributed by atoms with Crippen LogP contribution in [0, 0.1) is 0 Å². The van der Waals surface area contributed by atoms with E-state index in [2.05, 4.69) is 0 Å². The van der Waals surface area contributed by atoms with E-state index in [0.717, 1.165) is 31.1 Å². The van der Waals surface area contributed by atoms with Crippen LogP contribution in [0.25, 0.3) is 0 Å². The van der Waals surface area contributed by atoms with Crippen LogP contribution < -0.4 is 15.2 Å². The molecule has 17 heavy (non-hydrogen) atoms. The first-order valence-electron chi connectivity index (χ1n) is 5.67. The summed E-state index contributed by atoms with van der Waals surface area (Å²) in [5, 5.41) is 0. The first-order chi connectivity index (χ1) is 8.26. The van der Waals surface area contributed by atoms with Gasteiger partial charge in [0.1, 0.15) is 6.29 Å². The maximum atomic E-state index is 11.0. The quantitative estimate of drug-likeness (QED) is 0.580. The molecule has 4 nitrogen and oxygen atoms in total. The zero-order chi connectivity index (χ0) is 12.7. The molecule has 0 bridgehead atoms. The van der Waals surface area contributed by atoms with Gasteiger partial charge < -0.3 is 15.2 Å². The Labute approximate surface area is 102 Å². The Morgan fingerprint density at radius 3 is 2.35 bits per heavy atom. The first kappa shape index (κ1) is 13.5. The monoisotopic (exact) mass is 237 g/mol. The average Bonchev–Trinajstić information content (AvgIpc) is 2.38. The smallest absolute Gasteiger partial charge is 0.161 e. The molecule has 1 aromatic carbocycles. The largest absolute Gasteiger partial charge is 0.493 e. The molecule has 0 spiro atoms. The fourth-order valence-electron chi connectivity index (χ4n) is 1.72. The number of aldehydes is 1. The second-order valence-electron chi connectivity index (χ2n) is 3.77. The lowest BCUT2D eigenvalue weighted by Gasteiger charge is -2.12. The number of hydrogen-bond acceptors (Lipinski definition) is 4. The van der Waals surface area contributed by atoms with Crippen molar-refractivity contribution in [3.8, 4) is 11.5 Å². The molecule has 0 saturated heterocycles. The molecule has 0 aromatic heterocycles. The van der Waals surface area contributed by atoms with Crippen LogP contribution in [0.4, 0.5) is 0 Å². The van der Waals surface area contributed by atoms with E-state index in [4.69, 9.17) is 15.2 Å². The van der Waals surface area contributed by atoms with Gasteiger partial charge in [0, 0.05) is 5.56 Å². The molecular formula is C13H19NO3. The molecule has 0 saturated carbocycles. The lowest BCUT2D eigenvalue weighted by atomic mass is 10.0. The topological polar surface area (TPSA) is 61.5 Å². The number of carbonyl (C=O) groups excluding carboxylic acids is 1. The van der Waals surface area contributed by atoms with E-state index >= 15 is 0 Å². The van der Waals surface area contributed by atoms with E-state index in [-0.39, 0.29) is 0 Å². The molecule has 1 rings (SSSR count). The summed E-state index contributed by atoms with van der Waals surface area (Å²) in [7, 11) is 3.14. The Hall–Kier alpha value is -1.55. The Bertz CT molecular complexity index is 377. The molecule has 0 amide bonds. The molecule has 0 radical (unpaired) electrons. The Morgan fingerprint density at radius 1 is 1.18 bits per heavy atom. The minimum Gasteiger partial charge on any atom is -0.493 e. The predicted octanol–water partition coefficient (Wildman–Crippen LogP) is 1.80. The SMILES string of the molecule is COc1cc(C=O)c(CCCCN)cc1OC. The van der Waals surface area contributed by atoms with E-state index in [9.17, 15) is 4.79 Å². The number of carbonyl (C=O) groups is 1. The molecule has 0 fully saturated rings. The van der Waals surface area contributed by atoms with Crippen molar-refractivity contribution in [3.05, 3.63) is 23.3 Å². The van der Waals surface area contributed by atoms with Crippen molar-refractivity contribution in [2.24, 2.45) is 5.73 Å². The number of rotatable bonds is 7. The molecule has 1 aromatic rings. The number of ether oxygens (including phenoxy) is 2. The number of unbranched alkanes of at least 4 members (excludes halogenated alkanes) is 1. The molecule has 0 heterocycles. The zero-order valence-electron chi connectivity index (χ0n) is 10.4. The standard InChI is InChI=1S/C13H19NO3/c1-16-12-7-10(5-3-4-6-14)11(9-15)8-13(12)17-2/h7-9H,3-6,14H2,1-2H3. The van der Waals surface area contributed by atoms with Crippen LogP contribution in [0.2, 0.25) is 0 Å². The molecule has 0 aliphatic heterocycles. The van der Waals surface area contributed by atoms with Crippen LogP contribution in [-0.4, -0.2) is 27.1 Å². The highest BCUT2D eigenvalue weighted by Crippen LogP contribution is 2.30. The van der Waals surface area contributed by atoms with Crippen LogP contribution in [-0.2, 0) is 6.42 Å². The van der Waals surface area contributed by atoms with Crippen LogP contribution in [0.5, 0.6) is 11.5 Å². The van der Waals surface area contributed by atoms with Crippen molar-refractivity contribution in [2.45, 2.75) is 19.3 Å². The van der Waals surface area contributed by atoms with Crippen LogP contribution in [0.15, 0.2) is 12.1 Å². The maximum absolute atomic E-state index is 11.0. The maximum Gasteiger partial charge on any atom is 0.161 e. The number of aryl methyl sites for hydroxylation is 1. The molecule has 0 unspecified atom stereocenters. The van der Waals surface area contributed by atoms with Crippen molar-refractivity contribution >= 4 is 6.29 Å². The van der Waals surface area contributed by atoms with Crippen molar-refractivity contribution < 1.29 is 14.3 Å². The van der Waals surface area contributed by atoms with Gasteiger partial charge in [-0.25, -0.2) is 0 Å². The van der Waals surface area contributed by atoms with Gasteiger partial charge in [-0.2, -0.15) is 0 Å². The summed E-state index contributed by atoms with van der Waals surface area (Å²) in [6.45, 7) is 0.670. The van der Waals surface area contributed by atoms with Gasteiger partial charge in [0.15, 0.2) is 11.5 Å². The summed E-state index contributed by atoms with van der Waals surface area (Å²) in [5.41, 5.74) is 7.08. The predicted molar refractivity (Wildman–Crippen MR) is 66.9 cm³/mol. The highest BCUT2D eigenvalue weighted by Gasteiger charge is 2.10. The number of benzene rings is 1. The van der Waals surface area contributed by atoms with E-state index < -0.39 is 0 Å². The number of nitrogens with two attached hydrogens (primary N) is 1. The van der Waals surface area contributed by atoms with Crippen molar-refractivity contribution in [1.29, 1.82) is 0 Å². The van der Waals surface area contributed by atoms with Gasteiger partial charge in [0.25, 0.3) is 0 Å². The number of methoxy groups -OCH3 is 2. The molecule has 2 N–H and O–H groups in total. The highest BCUT2D eigenvalue weighted by atomic mass is 16.5. The summed E-state index contributed by atoms with van der Waals surface area (Å²) in [6, 6.07) is 3.57. The van der Waals surface area contributed by atoms with Crippen LogP contribution in [0.3, 0.4) is 0 Å². The van der Waals surface area contributed by atoms with Gasteiger partial charge in [0.2, 0.25) is 0 Å². The van der Waals surface area contributed by atoms with E-state index in [1.54, 1.807) is 20.3 Å². The third-order valence-corrected chi connectivity index (χ3v) is 2.67. The van der Waals surface area contributed by atoms with Crippen molar-refractivity contribution in [3.63, 3.8) is 0 Å². The van der Waals surface area contributed by atoms with Crippen LogP contribution in [0.1, 0.15) is 28.8 Å². The van der Waals surface area contributed by atoms with Gasteiger partial charge in [-0.1, -0.05) is 0 Å². The highest BCUT2D eigenvalue weighted by molar-refractivity contribution is 5.79. The Balaban J connectivity index is 2.97.